The maximum absolute atomic E-state index is 12.0. The SMILES string of the molecule is CN(CC(=O)N1CCCC1)Cc1ccnc(C#N)c1. The highest BCUT2D eigenvalue weighted by atomic mass is 16.2. The van der Waals surface area contributed by atoms with Gasteiger partial charge in [0, 0.05) is 25.8 Å². The Balaban J connectivity index is 1.88. The summed E-state index contributed by atoms with van der Waals surface area (Å²) in [5.41, 5.74) is 1.42. The van der Waals surface area contributed by atoms with Gasteiger partial charge in [0.2, 0.25) is 5.91 Å². The third-order valence-electron chi connectivity index (χ3n) is 3.26. The number of nitriles is 1. The minimum atomic E-state index is 0.189. The monoisotopic (exact) mass is 258 g/mol. The van der Waals surface area contributed by atoms with Crippen LogP contribution in [0, 0.1) is 11.3 Å². The van der Waals surface area contributed by atoms with E-state index in [0.29, 0.717) is 18.8 Å². The molecule has 0 unspecified atom stereocenters. The Morgan fingerprint density at radius 2 is 2.26 bits per heavy atom. The predicted octanol–water partition coefficient (Wildman–Crippen LogP) is 1.01. The summed E-state index contributed by atoms with van der Waals surface area (Å²) in [5.74, 6) is 0.189. The Morgan fingerprint density at radius 3 is 2.95 bits per heavy atom. The molecule has 1 saturated heterocycles. The van der Waals surface area contributed by atoms with Gasteiger partial charge in [-0.1, -0.05) is 0 Å². The van der Waals surface area contributed by atoms with Crippen molar-refractivity contribution in [1.82, 2.24) is 14.8 Å². The molecule has 1 aromatic heterocycles. The van der Waals surface area contributed by atoms with Gasteiger partial charge in [-0.25, -0.2) is 4.98 Å². The first-order chi connectivity index (χ1) is 9.19. The summed E-state index contributed by atoms with van der Waals surface area (Å²) < 4.78 is 0. The van der Waals surface area contributed by atoms with Gasteiger partial charge >= 0.3 is 0 Å². The molecule has 1 fully saturated rings. The molecule has 2 rings (SSSR count). The van der Waals surface area contributed by atoms with Crippen molar-refractivity contribution in [3.05, 3.63) is 29.6 Å². The van der Waals surface area contributed by atoms with E-state index in [1.54, 1.807) is 12.3 Å². The molecule has 0 radical (unpaired) electrons. The van der Waals surface area contributed by atoms with Crippen LogP contribution < -0.4 is 0 Å². The minimum Gasteiger partial charge on any atom is -0.342 e. The molecule has 19 heavy (non-hydrogen) atoms. The molecule has 1 amide bonds. The normalized spacial score (nSPS) is 14.7. The van der Waals surface area contributed by atoms with Crippen LogP contribution in [-0.2, 0) is 11.3 Å². The van der Waals surface area contributed by atoms with Crippen LogP contribution in [0.5, 0.6) is 0 Å². The molecule has 0 N–H and O–H groups in total. The van der Waals surface area contributed by atoms with E-state index in [0.717, 1.165) is 31.5 Å². The average molecular weight is 258 g/mol. The Morgan fingerprint density at radius 1 is 1.53 bits per heavy atom. The number of likely N-dealkylation sites (tertiary alicyclic amines) is 1. The van der Waals surface area contributed by atoms with E-state index in [1.165, 1.54) is 0 Å². The van der Waals surface area contributed by atoms with Gasteiger partial charge in [-0.2, -0.15) is 5.26 Å². The molecular formula is C14H18N4O. The number of likely N-dealkylation sites (N-methyl/N-ethyl adjacent to an activating group) is 1. The molecule has 1 aliphatic rings. The van der Waals surface area contributed by atoms with Crippen molar-refractivity contribution in [3.63, 3.8) is 0 Å². The number of nitrogens with zero attached hydrogens (tertiary/aromatic N) is 4. The lowest BCUT2D eigenvalue weighted by atomic mass is 10.2. The highest BCUT2D eigenvalue weighted by Gasteiger charge is 2.18. The number of pyridine rings is 1. The summed E-state index contributed by atoms with van der Waals surface area (Å²) in [7, 11) is 1.92. The smallest absolute Gasteiger partial charge is 0.236 e. The van der Waals surface area contributed by atoms with Crippen molar-refractivity contribution < 1.29 is 4.79 Å². The summed E-state index contributed by atoms with van der Waals surface area (Å²) in [6.45, 7) is 2.85. The molecule has 2 heterocycles. The molecule has 0 saturated carbocycles. The van der Waals surface area contributed by atoms with Crippen molar-refractivity contribution >= 4 is 5.91 Å². The number of hydrogen-bond acceptors (Lipinski definition) is 4. The summed E-state index contributed by atoms with van der Waals surface area (Å²) in [5, 5.41) is 8.80. The van der Waals surface area contributed by atoms with Crippen molar-refractivity contribution in [2.75, 3.05) is 26.7 Å². The molecule has 0 aromatic carbocycles. The maximum Gasteiger partial charge on any atom is 0.236 e. The standard InChI is InChI=1S/C14H18N4O/c1-17(11-14(19)18-6-2-3-7-18)10-12-4-5-16-13(8-12)9-15/h4-5,8H,2-3,6-7,10-11H2,1H3. The van der Waals surface area contributed by atoms with E-state index in [2.05, 4.69) is 4.98 Å². The van der Waals surface area contributed by atoms with E-state index in [-0.39, 0.29) is 5.91 Å². The topological polar surface area (TPSA) is 60.2 Å². The fourth-order valence-corrected chi connectivity index (χ4v) is 2.30. The van der Waals surface area contributed by atoms with Crippen molar-refractivity contribution in [3.8, 4) is 6.07 Å². The molecule has 0 atom stereocenters. The van der Waals surface area contributed by atoms with E-state index < -0.39 is 0 Å². The van der Waals surface area contributed by atoms with E-state index in [9.17, 15) is 4.79 Å². The maximum atomic E-state index is 12.0. The van der Waals surface area contributed by atoms with Crippen LogP contribution in [0.2, 0.25) is 0 Å². The van der Waals surface area contributed by atoms with Crippen molar-refractivity contribution in [1.29, 1.82) is 5.26 Å². The van der Waals surface area contributed by atoms with Crippen molar-refractivity contribution in [2.45, 2.75) is 19.4 Å². The van der Waals surface area contributed by atoms with E-state index in [1.807, 2.05) is 29.0 Å². The van der Waals surface area contributed by atoms with Crippen LogP contribution in [0.25, 0.3) is 0 Å². The summed E-state index contributed by atoms with van der Waals surface area (Å²) >= 11 is 0. The van der Waals surface area contributed by atoms with Crippen LogP contribution in [-0.4, -0.2) is 47.4 Å². The molecule has 0 aliphatic carbocycles. The number of carbonyl (C=O) groups is 1. The molecular weight excluding hydrogens is 240 g/mol. The first-order valence-electron chi connectivity index (χ1n) is 6.50. The highest BCUT2D eigenvalue weighted by molar-refractivity contribution is 5.78. The van der Waals surface area contributed by atoms with Crippen LogP contribution in [0.1, 0.15) is 24.1 Å². The van der Waals surface area contributed by atoms with Gasteiger partial charge < -0.3 is 4.90 Å². The Bertz CT molecular complexity index is 488. The second-order valence-electron chi connectivity index (χ2n) is 4.92. The Hall–Kier alpha value is -1.93. The zero-order valence-electron chi connectivity index (χ0n) is 11.2. The van der Waals surface area contributed by atoms with Crippen molar-refractivity contribution in [2.24, 2.45) is 0 Å². The molecule has 0 bridgehead atoms. The largest absolute Gasteiger partial charge is 0.342 e. The summed E-state index contributed by atoms with van der Waals surface area (Å²) in [6.07, 6.45) is 3.86. The fraction of sp³-hybridized carbons (Fsp3) is 0.500. The predicted molar refractivity (Wildman–Crippen MR) is 71.1 cm³/mol. The van der Waals surface area contributed by atoms with Crippen LogP contribution in [0.15, 0.2) is 18.3 Å². The summed E-state index contributed by atoms with van der Waals surface area (Å²) in [4.78, 5) is 19.8. The molecule has 1 aliphatic heterocycles. The average Bonchev–Trinajstić information content (AvgIpc) is 2.92. The second-order valence-corrected chi connectivity index (χ2v) is 4.92. The van der Waals surface area contributed by atoms with Crippen LogP contribution in [0.4, 0.5) is 0 Å². The van der Waals surface area contributed by atoms with Gasteiger partial charge in [0.05, 0.1) is 6.54 Å². The second kappa shape index (κ2) is 6.30. The summed E-state index contributed by atoms with van der Waals surface area (Å²) in [6, 6.07) is 5.65. The quantitative estimate of drug-likeness (QED) is 0.808. The number of amides is 1. The molecule has 1 aromatic rings. The molecule has 5 nitrogen and oxygen atoms in total. The highest BCUT2D eigenvalue weighted by Crippen LogP contribution is 2.09. The van der Waals surface area contributed by atoms with Gasteiger partial charge in [-0.15, -0.1) is 0 Å². The number of hydrogen-bond donors (Lipinski definition) is 0. The number of rotatable bonds is 4. The van der Waals surface area contributed by atoms with Crippen LogP contribution >= 0.6 is 0 Å². The lowest BCUT2D eigenvalue weighted by Crippen LogP contribution is -2.36. The minimum absolute atomic E-state index is 0.189. The van der Waals surface area contributed by atoms with E-state index >= 15 is 0 Å². The molecule has 100 valence electrons. The fourth-order valence-electron chi connectivity index (χ4n) is 2.30. The van der Waals surface area contributed by atoms with Gasteiger partial charge in [-0.3, -0.25) is 9.69 Å². The Kier molecular flexibility index (Phi) is 4.48. The lowest BCUT2D eigenvalue weighted by molar-refractivity contribution is -0.131. The molecule has 5 heteroatoms. The zero-order chi connectivity index (χ0) is 13.7. The Labute approximate surface area is 113 Å². The van der Waals surface area contributed by atoms with Gasteiger partial charge in [0.25, 0.3) is 0 Å². The third-order valence-corrected chi connectivity index (χ3v) is 3.26. The number of aromatic nitrogens is 1. The van der Waals surface area contributed by atoms with Gasteiger partial charge in [0.15, 0.2) is 0 Å². The van der Waals surface area contributed by atoms with Crippen LogP contribution in [0.3, 0.4) is 0 Å². The zero-order valence-corrected chi connectivity index (χ0v) is 11.2. The first-order valence-corrected chi connectivity index (χ1v) is 6.50. The first kappa shape index (κ1) is 13.5. The number of carbonyl (C=O) groups excluding carboxylic acids is 1. The third kappa shape index (κ3) is 3.76. The van der Waals surface area contributed by atoms with E-state index in [4.69, 9.17) is 5.26 Å². The lowest BCUT2D eigenvalue weighted by Gasteiger charge is -2.21. The van der Waals surface area contributed by atoms with Gasteiger partial charge in [-0.05, 0) is 37.6 Å². The van der Waals surface area contributed by atoms with Gasteiger partial charge in [0.1, 0.15) is 11.8 Å². The molecule has 0 spiro atoms.